The Morgan fingerprint density at radius 1 is 0.947 bits per heavy atom. The zero-order valence-electron chi connectivity index (χ0n) is 11.2. The van der Waals surface area contributed by atoms with Crippen LogP contribution in [0.4, 0.5) is 0 Å². The van der Waals surface area contributed by atoms with Crippen molar-refractivity contribution in [2.45, 2.75) is 44.1 Å². The van der Waals surface area contributed by atoms with Crippen molar-refractivity contribution in [3.63, 3.8) is 0 Å². The first-order valence-corrected chi connectivity index (χ1v) is 8.69. The van der Waals surface area contributed by atoms with Crippen molar-refractivity contribution < 1.29 is 4.89 Å². The molecule has 4 saturated carbocycles. The molecule has 0 amide bonds. The minimum atomic E-state index is -1.56. The van der Waals surface area contributed by atoms with E-state index in [2.05, 4.69) is 0 Å². The Hall–Kier alpha value is -0.720. The lowest BCUT2D eigenvalue weighted by Gasteiger charge is -2.53. The van der Waals surface area contributed by atoms with Gasteiger partial charge in [-0.2, -0.15) is 0 Å². The van der Waals surface area contributed by atoms with Crippen LogP contribution < -0.4 is 10.2 Å². The Kier molecular flexibility index (Phi) is 2.79. The van der Waals surface area contributed by atoms with Gasteiger partial charge in [-0.05, 0) is 68.4 Å². The second-order valence-corrected chi connectivity index (χ2v) is 8.11. The Bertz CT molecular complexity index is 475. The van der Waals surface area contributed by atoms with Gasteiger partial charge < -0.3 is 4.89 Å². The number of nitrogens with zero attached hydrogens (tertiary/aromatic N) is 1. The molecule has 1 aromatic rings. The van der Waals surface area contributed by atoms with E-state index in [4.69, 9.17) is 4.74 Å². The SMILES string of the molecule is [O-][P+](=NC12CC3CC(CC(C3)C1)C2)c1ccccc1. The van der Waals surface area contributed by atoms with Crippen LogP contribution in [0, 0.1) is 17.8 Å². The lowest BCUT2D eigenvalue weighted by atomic mass is 9.53. The second kappa shape index (κ2) is 4.40. The van der Waals surface area contributed by atoms with Crippen LogP contribution in [-0.2, 0) is 0 Å². The topological polar surface area (TPSA) is 35.4 Å². The van der Waals surface area contributed by atoms with Crippen LogP contribution in [0.1, 0.15) is 38.5 Å². The summed E-state index contributed by atoms with van der Waals surface area (Å²) in [6.45, 7) is 0. The molecular formula is C16H20NOP. The third-order valence-electron chi connectivity index (χ3n) is 5.29. The monoisotopic (exact) mass is 273 g/mol. The van der Waals surface area contributed by atoms with E-state index in [-0.39, 0.29) is 5.54 Å². The summed E-state index contributed by atoms with van der Waals surface area (Å²) in [5.41, 5.74) is 0.0675. The summed E-state index contributed by atoms with van der Waals surface area (Å²) in [6, 6.07) is 9.78. The number of hydrogen-bond acceptors (Lipinski definition) is 2. The highest BCUT2D eigenvalue weighted by molar-refractivity contribution is 7.48. The van der Waals surface area contributed by atoms with Gasteiger partial charge in [0, 0.05) is 0 Å². The molecule has 4 fully saturated rings. The van der Waals surface area contributed by atoms with Crippen molar-refractivity contribution in [3.8, 4) is 0 Å². The van der Waals surface area contributed by atoms with Gasteiger partial charge in [-0.3, -0.25) is 0 Å². The average molecular weight is 273 g/mol. The average Bonchev–Trinajstić information content (AvgIpc) is 2.37. The molecule has 4 aliphatic rings. The summed E-state index contributed by atoms with van der Waals surface area (Å²) in [6.07, 6.45) is 7.84. The Morgan fingerprint density at radius 3 is 2.00 bits per heavy atom. The molecule has 1 atom stereocenters. The third-order valence-corrected chi connectivity index (χ3v) is 6.63. The first-order valence-electron chi connectivity index (χ1n) is 7.48. The van der Waals surface area contributed by atoms with Crippen molar-refractivity contribution >= 4 is 13.2 Å². The van der Waals surface area contributed by atoms with Crippen molar-refractivity contribution in [3.05, 3.63) is 30.3 Å². The number of benzene rings is 1. The van der Waals surface area contributed by atoms with Crippen LogP contribution in [0.25, 0.3) is 0 Å². The molecule has 0 spiro atoms. The Labute approximate surface area is 115 Å². The number of hydrogen-bond donors (Lipinski definition) is 0. The molecule has 3 heteroatoms. The van der Waals surface area contributed by atoms with Crippen LogP contribution >= 0.6 is 7.94 Å². The quantitative estimate of drug-likeness (QED) is 0.762. The third kappa shape index (κ3) is 2.15. The van der Waals surface area contributed by atoms with E-state index in [1.807, 2.05) is 30.3 Å². The summed E-state index contributed by atoms with van der Waals surface area (Å²) < 4.78 is 4.85. The molecule has 2 nitrogen and oxygen atoms in total. The molecule has 19 heavy (non-hydrogen) atoms. The van der Waals surface area contributed by atoms with Crippen molar-refractivity contribution in [1.29, 1.82) is 0 Å². The smallest absolute Gasteiger partial charge is 0.203 e. The van der Waals surface area contributed by atoms with Gasteiger partial charge in [0.1, 0.15) is 5.54 Å². The van der Waals surface area contributed by atoms with Gasteiger partial charge in [0.2, 0.25) is 7.94 Å². The predicted molar refractivity (Wildman–Crippen MR) is 76.3 cm³/mol. The highest BCUT2D eigenvalue weighted by Gasteiger charge is 2.52. The molecule has 1 unspecified atom stereocenters. The fourth-order valence-corrected chi connectivity index (χ4v) is 6.17. The van der Waals surface area contributed by atoms with E-state index in [9.17, 15) is 4.89 Å². The van der Waals surface area contributed by atoms with E-state index in [1.54, 1.807) is 0 Å². The summed E-state index contributed by atoms with van der Waals surface area (Å²) in [5, 5.41) is 0.897. The van der Waals surface area contributed by atoms with Gasteiger partial charge >= 0.3 is 0 Å². The fourth-order valence-electron chi connectivity index (χ4n) is 4.99. The van der Waals surface area contributed by atoms with Crippen LogP contribution in [0.5, 0.6) is 0 Å². The van der Waals surface area contributed by atoms with Gasteiger partial charge in [-0.1, -0.05) is 18.2 Å². The minimum Gasteiger partial charge on any atom is -0.607 e. The molecule has 0 heterocycles. The molecule has 0 saturated heterocycles. The van der Waals surface area contributed by atoms with Gasteiger partial charge in [0.05, 0.1) is 0 Å². The maximum atomic E-state index is 12.5. The lowest BCUT2D eigenvalue weighted by Crippen LogP contribution is -2.49. The summed E-state index contributed by atoms with van der Waals surface area (Å²) in [4.78, 5) is 12.5. The molecule has 0 aliphatic heterocycles. The molecule has 0 aromatic heterocycles. The zero-order chi connectivity index (χ0) is 12.9. The second-order valence-electron chi connectivity index (χ2n) is 6.85. The summed E-state index contributed by atoms with van der Waals surface area (Å²) in [5.74, 6) is 2.61. The standard InChI is InChI=1S/C16H20NOP/c18-19(15-4-2-1-3-5-15)17-16-9-12-6-13(10-16)8-14(7-12)11-16/h1-5,12-14H,6-11H2. The van der Waals surface area contributed by atoms with E-state index >= 15 is 0 Å². The van der Waals surface area contributed by atoms with Crippen LogP contribution in [0.3, 0.4) is 0 Å². The lowest BCUT2D eigenvalue weighted by molar-refractivity contribution is -0.153. The largest absolute Gasteiger partial charge is 0.607 e. The van der Waals surface area contributed by atoms with E-state index in [0.717, 1.165) is 23.1 Å². The van der Waals surface area contributed by atoms with Crippen molar-refractivity contribution in [1.82, 2.24) is 0 Å². The molecule has 1 aromatic carbocycles. The number of rotatable bonds is 2. The predicted octanol–water partition coefficient (Wildman–Crippen LogP) is 3.22. The fraction of sp³-hybridized carbons (Fsp3) is 0.625. The maximum absolute atomic E-state index is 12.5. The van der Waals surface area contributed by atoms with E-state index in [0.29, 0.717) is 0 Å². The Balaban J connectivity index is 1.65. The van der Waals surface area contributed by atoms with Gasteiger partial charge in [-0.15, -0.1) is 4.74 Å². The van der Waals surface area contributed by atoms with Gasteiger partial charge in [0.25, 0.3) is 0 Å². The zero-order valence-corrected chi connectivity index (χ0v) is 12.1. The highest BCUT2D eigenvalue weighted by atomic mass is 31.1. The molecule has 0 N–H and O–H groups in total. The summed E-state index contributed by atoms with van der Waals surface area (Å²) in [7, 11) is -1.56. The summed E-state index contributed by atoms with van der Waals surface area (Å²) >= 11 is 0. The van der Waals surface area contributed by atoms with E-state index < -0.39 is 7.94 Å². The molecule has 100 valence electrons. The van der Waals surface area contributed by atoms with Gasteiger partial charge in [-0.25, -0.2) is 0 Å². The van der Waals surface area contributed by atoms with E-state index in [1.165, 1.54) is 38.5 Å². The van der Waals surface area contributed by atoms with Crippen molar-refractivity contribution in [2.24, 2.45) is 22.5 Å². The first kappa shape index (κ1) is 12.1. The van der Waals surface area contributed by atoms with Crippen molar-refractivity contribution in [2.75, 3.05) is 0 Å². The molecule has 4 bridgehead atoms. The normalized spacial score (nSPS) is 40.7. The molecule has 5 rings (SSSR count). The maximum Gasteiger partial charge on any atom is 0.203 e. The minimum absolute atomic E-state index is 0.0675. The van der Waals surface area contributed by atoms with Crippen LogP contribution in [-0.4, -0.2) is 5.54 Å². The molecule has 4 aliphatic carbocycles. The molecular weight excluding hydrogens is 253 g/mol. The highest BCUT2D eigenvalue weighted by Crippen LogP contribution is 2.58. The molecule has 0 radical (unpaired) electrons. The Morgan fingerprint density at radius 2 is 1.47 bits per heavy atom. The first-order chi connectivity index (χ1) is 9.22. The van der Waals surface area contributed by atoms with Crippen LogP contribution in [0.15, 0.2) is 35.1 Å². The van der Waals surface area contributed by atoms with Crippen LogP contribution in [0.2, 0.25) is 0 Å². The van der Waals surface area contributed by atoms with Gasteiger partial charge in [0.15, 0.2) is 5.30 Å².